The first-order valence-corrected chi connectivity index (χ1v) is 6.01. The molecular formula is C12H14ClFN2O. The molecule has 1 aliphatic rings. The SMILES string of the molecule is CCNC1CCN(c2ccc(Cl)cc2F)C1=O. The van der Waals surface area contributed by atoms with Crippen molar-refractivity contribution in [1.82, 2.24) is 5.32 Å². The molecule has 5 heteroatoms. The van der Waals surface area contributed by atoms with Gasteiger partial charge in [0.05, 0.1) is 11.7 Å². The molecule has 1 saturated heterocycles. The molecule has 2 rings (SSSR count). The third kappa shape index (κ3) is 2.42. The third-order valence-corrected chi connectivity index (χ3v) is 3.09. The Morgan fingerprint density at radius 2 is 2.35 bits per heavy atom. The van der Waals surface area contributed by atoms with Gasteiger partial charge in [0.25, 0.3) is 0 Å². The Balaban J connectivity index is 2.21. The minimum absolute atomic E-state index is 0.0759. The van der Waals surface area contributed by atoms with Crippen molar-refractivity contribution < 1.29 is 9.18 Å². The standard InChI is InChI=1S/C12H14ClFN2O/c1-2-15-10-5-6-16(12(10)17)11-4-3-8(13)7-9(11)14/h3-4,7,10,15H,2,5-6H2,1H3. The van der Waals surface area contributed by atoms with Gasteiger partial charge in [0, 0.05) is 11.6 Å². The zero-order valence-electron chi connectivity index (χ0n) is 9.54. The van der Waals surface area contributed by atoms with E-state index in [9.17, 15) is 9.18 Å². The molecule has 1 aromatic carbocycles. The molecular weight excluding hydrogens is 243 g/mol. The van der Waals surface area contributed by atoms with Crippen LogP contribution in [-0.4, -0.2) is 25.0 Å². The van der Waals surface area contributed by atoms with Crippen LogP contribution in [0.2, 0.25) is 5.02 Å². The lowest BCUT2D eigenvalue weighted by Gasteiger charge is -2.17. The predicted molar refractivity (Wildman–Crippen MR) is 65.8 cm³/mol. The second-order valence-corrected chi connectivity index (χ2v) is 4.42. The predicted octanol–water partition coefficient (Wildman–Crippen LogP) is 2.19. The van der Waals surface area contributed by atoms with Gasteiger partial charge < -0.3 is 10.2 Å². The summed E-state index contributed by atoms with van der Waals surface area (Å²) >= 11 is 5.68. The number of anilines is 1. The van der Waals surface area contributed by atoms with Crippen LogP contribution in [0.5, 0.6) is 0 Å². The van der Waals surface area contributed by atoms with E-state index in [1.165, 1.54) is 11.0 Å². The highest BCUT2D eigenvalue weighted by molar-refractivity contribution is 6.30. The van der Waals surface area contributed by atoms with Crippen LogP contribution < -0.4 is 10.2 Å². The Labute approximate surface area is 105 Å². The summed E-state index contributed by atoms with van der Waals surface area (Å²) in [5, 5.41) is 3.42. The highest BCUT2D eigenvalue weighted by Crippen LogP contribution is 2.26. The summed E-state index contributed by atoms with van der Waals surface area (Å²) in [6.45, 7) is 3.21. The fourth-order valence-corrected chi connectivity index (χ4v) is 2.21. The molecule has 92 valence electrons. The lowest BCUT2D eigenvalue weighted by Crippen LogP contribution is -2.38. The van der Waals surface area contributed by atoms with Crippen molar-refractivity contribution in [3.8, 4) is 0 Å². The van der Waals surface area contributed by atoms with Crippen LogP contribution in [0.25, 0.3) is 0 Å². The number of benzene rings is 1. The van der Waals surface area contributed by atoms with E-state index in [1.54, 1.807) is 12.1 Å². The fraction of sp³-hybridized carbons (Fsp3) is 0.417. The van der Waals surface area contributed by atoms with Gasteiger partial charge in [0.15, 0.2) is 0 Å². The zero-order valence-corrected chi connectivity index (χ0v) is 10.3. The van der Waals surface area contributed by atoms with E-state index in [4.69, 9.17) is 11.6 Å². The molecule has 0 bridgehead atoms. The van der Waals surface area contributed by atoms with E-state index >= 15 is 0 Å². The summed E-state index contributed by atoms with van der Waals surface area (Å²) in [4.78, 5) is 13.5. The van der Waals surface area contributed by atoms with E-state index in [0.29, 0.717) is 23.7 Å². The fourth-order valence-electron chi connectivity index (χ4n) is 2.06. The average Bonchev–Trinajstić information content (AvgIpc) is 2.62. The number of carbonyl (C=O) groups excluding carboxylic acids is 1. The summed E-state index contributed by atoms with van der Waals surface area (Å²) in [6, 6.07) is 4.16. The molecule has 1 heterocycles. The first kappa shape index (κ1) is 12.3. The summed E-state index contributed by atoms with van der Waals surface area (Å²) in [6.07, 6.45) is 0.703. The van der Waals surface area contributed by atoms with Crippen LogP contribution in [-0.2, 0) is 4.79 Å². The van der Waals surface area contributed by atoms with Crippen molar-refractivity contribution in [1.29, 1.82) is 0 Å². The Kier molecular flexibility index (Phi) is 3.64. The number of nitrogens with one attached hydrogen (secondary N) is 1. The van der Waals surface area contributed by atoms with Gasteiger partial charge in [-0.1, -0.05) is 18.5 Å². The number of carbonyl (C=O) groups is 1. The number of hydrogen-bond donors (Lipinski definition) is 1. The Morgan fingerprint density at radius 3 is 3.00 bits per heavy atom. The van der Waals surface area contributed by atoms with Crippen LogP contribution >= 0.6 is 11.6 Å². The summed E-state index contributed by atoms with van der Waals surface area (Å²) < 4.78 is 13.7. The van der Waals surface area contributed by atoms with E-state index in [2.05, 4.69) is 5.32 Å². The maximum Gasteiger partial charge on any atom is 0.244 e. The molecule has 1 amide bonds. The van der Waals surface area contributed by atoms with Crippen molar-refractivity contribution in [2.45, 2.75) is 19.4 Å². The molecule has 0 aromatic heterocycles. The molecule has 1 atom stereocenters. The van der Waals surface area contributed by atoms with Crippen molar-refractivity contribution in [3.05, 3.63) is 29.0 Å². The average molecular weight is 257 g/mol. The van der Waals surface area contributed by atoms with Crippen molar-refractivity contribution in [2.24, 2.45) is 0 Å². The normalized spacial score (nSPS) is 20.1. The van der Waals surface area contributed by atoms with Crippen LogP contribution in [0, 0.1) is 5.82 Å². The summed E-state index contributed by atoms with van der Waals surface area (Å²) in [5.41, 5.74) is 0.305. The largest absolute Gasteiger partial charge is 0.308 e. The molecule has 1 N–H and O–H groups in total. The van der Waals surface area contributed by atoms with Crippen LogP contribution in [0.3, 0.4) is 0 Å². The van der Waals surface area contributed by atoms with Gasteiger partial charge in [0.2, 0.25) is 5.91 Å². The second kappa shape index (κ2) is 5.02. The molecule has 17 heavy (non-hydrogen) atoms. The summed E-state index contributed by atoms with van der Waals surface area (Å²) in [5.74, 6) is -0.531. The maximum atomic E-state index is 13.7. The Bertz CT molecular complexity index is 439. The number of hydrogen-bond acceptors (Lipinski definition) is 2. The number of halogens is 2. The summed E-state index contributed by atoms with van der Waals surface area (Å²) in [7, 11) is 0. The molecule has 1 fully saturated rings. The van der Waals surface area contributed by atoms with Gasteiger partial charge >= 0.3 is 0 Å². The first-order valence-electron chi connectivity index (χ1n) is 5.63. The molecule has 1 aliphatic heterocycles. The maximum absolute atomic E-state index is 13.7. The van der Waals surface area contributed by atoms with Gasteiger partial charge in [-0.25, -0.2) is 4.39 Å². The van der Waals surface area contributed by atoms with Crippen molar-refractivity contribution in [2.75, 3.05) is 18.0 Å². The lowest BCUT2D eigenvalue weighted by atomic mass is 10.2. The van der Waals surface area contributed by atoms with Crippen LogP contribution in [0.4, 0.5) is 10.1 Å². The van der Waals surface area contributed by atoms with Gasteiger partial charge in [-0.2, -0.15) is 0 Å². The monoisotopic (exact) mass is 256 g/mol. The molecule has 0 saturated carbocycles. The minimum Gasteiger partial charge on any atom is -0.308 e. The van der Waals surface area contributed by atoms with E-state index < -0.39 is 5.82 Å². The third-order valence-electron chi connectivity index (χ3n) is 2.86. The van der Waals surface area contributed by atoms with Gasteiger partial charge in [-0.05, 0) is 31.2 Å². The Hall–Kier alpha value is -1.13. The van der Waals surface area contributed by atoms with E-state index in [1.807, 2.05) is 6.92 Å². The topological polar surface area (TPSA) is 32.3 Å². The molecule has 3 nitrogen and oxygen atoms in total. The number of nitrogens with zero attached hydrogens (tertiary/aromatic N) is 1. The first-order chi connectivity index (χ1) is 8.13. The molecule has 0 spiro atoms. The number of likely N-dealkylation sites (N-methyl/N-ethyl adjacent to an activating group) is 1. The molecule has 1 aromatic rings. The van der Waals surface area contributed by atoms with Gasteiger partial charge in [-0.15, -0.1) is 0 Å². The van der Waals surface area contributed by atoms with Crippen molar-refractivity contribution in [3.63, 3.8) is 0 Å². The van der Waals surface area contributed by atoms with Crippen LogP contribution in [0.1, 0.15) is 13.3 Å². The number of rotatable bonds is 3. The molecule has 1 unspecified atom stereocenters. The van der Waals surface area contributed by atoms with E-state index in [-0.39, 0.29) is 11.9 Å². The van der Waals surface area contributed by atoms with E-state index in [0.717, 1.165) is 6.54 Å². The second-order valence-electron chi connectivity index (χ2n) is 3.98. The van der Waals surface area contributed by atoms with Crippen LogP contribution in [0.15, 0.2) is 18.2 Å². The minimum atomic E-state index is -0.456. The lowest BCUT2D eigenvalue weighted by molar-refractivity contribution is -0.118. The zero-order chi connectivity index (χ0) is 12.4. The highest BCUT2D eigenvalue weighted by atomic mass is 35.5. The number of amides is 1. The quantitative estimate of drug-likeness (QED) is 0.899. The van der Waals surface area contributed by atoms with Gasteiger partial charge in [-0.3, -0.25) is 4.79 Å². The Morgan fingerprint density at radius 1 is 1.59 bits per heavy atom. The molecule has 0 radical (unpaired) electrons. The molecule has 0 aliphatic carbocycles. The van der Waals surface area contributed by atoms with Crippen molar-refractivity contribution >= 4 is 23.2 Å². The van der Waals surface area contributed by atoms with Gasteiger partial charge in [0.1, 0.15) is 5.82 Å². The smallest absolute Gasteiger partial charge is 0.244 e. The highest BCUT2D eigenvalue weighted by Gasteiger charge is 2.32.